The molecular formula is C12H23NO7. The predicted octanol–water partition coefficient (Wildman–Crippen LogP) is -2.69. The lowest BCUT2D eigenvalue weighted by molar-refractivity contribution is -0.347. The van der Waals surface area contributed by atoms with Gasteiger partial charge in [-0.2, -0.15) is 0 Å². The Hall–Kier alpha value is -0.770. The smallest absolute Gasteiger partial charge is 0.216 e. The Labute approximate surface area is 117 Å². The third-order valence-electron chi connectivity index (χ3n) is 3.62. The van der Waals surface area contributed by atoms with E-state index in [4.69, 9.17) is 9.84 Å². The van der Waals surface area contributed by atoms with Gasteiger partial charge in [-0.05, 0) is 12.8 Å². The molecular weight excluding hydrogens is 270 g/mol. The second-order valence-electron chi connectivity index (χ2n) is 5.03. The van der Waals surface area contributed by atoms with E-state index in [1.54, 1.807) is 0 Å². The van der Waals surface area contributed by atoms with E-state index >= 15 is 0 Å². The summed E-state index contributed by atoms with van der Waals surface area (Å²) < 4.78 is 5.02. The molecule has 1 amide bonds. The number of unbranched alkanes of at least 4 members (excludes halogenated alkanes) is 1. The van der Waals surface area contributed by atoms with Gasteiger partial charge in [-0.1, -0.05) is 0 Å². The van der Waals surface area contributed by atoms with Crippen LogP contribution in [0.25, 0.3) is 0 Å². The molecule has 0 radical (unpaired) electrons. The number of carbonyl (C=O) groups is 1. The Bertz CT molecular complexity index is 327. The molecule has 0 aliphatic heterocycles. The van der Waals surface area contributed by atoms with Crippen molar-refractivity contribution in [2.45, 2.75) is 43.9 Å². The monoisotopic (exact) mass is 293 g/mol. The van der Waals surface area contributed by atoms with Crippen molar-refractivity contribution in [3.8, 4) is 0 Å². The van der Waals surface area contributed by atoms with Gasteiger partial charge in [0.05, 0.1) is 12.7 Å². The quantitative estimate of drug-likeness (QED) is 0.211. The van der Waals surface area contributed by atoms with E-state index in [2.05, 4.69) is 5.32 Å². The molecule has 0 aromatic heterocycles. The van der Waals surface area contributed by atoms with Crippen LogP contribution in [0, 0.1) is 5.92 Å². The largest absolute Gasteiger partial charge is 0.396 e. The first-order chi connectivity index (χ1) is 9.35. The van der Waals surface area contributed by atoms with Crippen molar-refractivity contribution < 1.29 is 35.1 Å². The molecule has 0 aromatic carbocycles. The van der Waals surface area contributed by atoms with Gasteiger partial charge in [0, 0.05) is 26.0 Å². The first-order valence-corrected chi connectivity index (χ1v) is 6.59. The zero-order valence-corrected chi connectivity index (χ0v) is 11.4. The Morgan fingerprint density at radius 2 is 2.05 bits per heavy atom. The summed E-state index contributed by atoms with van der Waals surface area (Å²) in [7, 11) is 0. The molecule has 0 heterocycles. The minimum atomic E-state index is -2.06. The van der Waals surface area contributed by atoms with Crippen LogP contribution in [0.2, 0.25) is 0 Å². The van der Waals surface area contributed by atoms with Crippen LogP contribution in [0.3, 0.4) is 0 Å². The van der Waals surface area contributed by atoms with Gasteiger partial charge in [0.2, 0.25) is 5.91 Å². The highest BCUT2D eigenvalue weighted by molar-refractivity contribution is 5.72. The van der Waals surface area contributed by atoms with Gasteiger partial charge in [-0.15, -0.1) is 0 Å². The van der Waals surface area contributed by atoms with Crippen molar-refractivity contribution in [3.63, 3.8) is 0 Å². The van der Waals surface area contributed by atoms with Gasteiger partial charge in [0.1, 0.15) is 6.10 Å². The number of carbonyl (C=O) groups excluding carboxylic acids is 1. The van der Waals surface area contributed by atoms with E-state index in [-0.39, 0.29) is 12.5 Å². The average Bonchev–Trinajstić information content (AvgIpc) is 2.41. The molecule has 1 rings (SSSR count). The van der Waals surface area contributed by atoms with Crippen molar-refractivity contribution in [1.82, 2.24) is 5.32 Å². The lowest BCUT2D eigenvalue weighted by Crippen LogP contribution is -2.76. The fourth-order valence-corrected chi connectivity index (χ4v) is 2.27. The summed E-state index contributed by atoms with van der Waals surface area (Å²) in [5, 5.41) is 50.3. The molecule has 1 aliphatic carbocycles. The van der Waals surface area contributed by atoms with Crippen LogP contribution in [0.15, 0.2) is 0 Å². The average molecular weight is 293 g/mol. The van der Waals surface area contributed by atoms with Gasteiger partial charge < -0.3 is 35.6 Å². The van der Waals surface area contributed by atoms with Crippen molar-refractivity contribution >= 4 is 5.91 Å². The van der Waals surface area contributed by atoms with Gasteiger partial charge in [-0.3, -0.25) is 4.79 Å². The van der Waals surface area contributed by atoms with Crippen LogP contribution >= 0.6 is 0 Å². The molecule has 8 heteroatoms. The molecule has 1 aliphatic rings. The van der Waals surface area contributed by atoms with Crippen LogP contribution in [0.1, 0.15) is 19.8 Å². The van der Waals surface area contributed by atoms with Crippen LogP contribution < -0.4 is 5.32 Å². The van der Waals surface area contributed by atoms with Gasteiger partial charge in [-0.25, -0.2) is 0 Å². The number of ether oxygens (including phenoxy) is 1. The molecule has 0 aromatic rings. The third-order valence-corrected chi connectivity index (χ3v) is 3.62. The summed E-state index contributed by atoms with van der Waals surface area (Å²) in [6, 6.07) is 0. The van der Waals surface area contributed by atoms with E-state index in [1.807, 2.05) is 0 Å². The van der Waals surface area contributed by atoms with Crippen LogP contribution in [0.5, 0.6) is 0 Å². The summed E-state index contributed by atoms with van der Waals surface area (Å²) in [5.41, 5.74) is -2.06. The fraction of sp³-hybridized carbons (Fsp3) is 0.917. The van der Waals surface area contributed by atoms with Crippen molar-refractivity contribution in [3.05, 3.63) is 0 Å². The number of hydrogen-bond acceptors (Lipinski definition) is 7. The van der Waals surface area contributed by atoms with E-state index in [0.717, 1.165) is 0 Å². The maximum absolute atomic E-state index is 10.6. The Balaban J connectivity index is 2.28. The molecule has 8 nitrogen and oxygen atoms in total. The Morgan fingerprint density at radius 3 is 2.60 bits per heavy atom. The summed E-state index contributed by atoms with van der Waals surface area (Å²) in [5.74, 6) is -1.18. The molecule has 0 saturated heterocycles. The van der Waals surface area contributed by atoms with Crippen molar-refractivity contribution in [2.75, 3.05) is 19.8 Å². The van der Waals surface area contributed by atoms with Gasteiger partial charge in [0.25, 0.3) is 0 Å². The van der Waals surface area contributed by atoms with Crippen LogP contribution in [0.4, 0.5) is 0 Å². The highest BCUT2D eigenvalue weighted by Gasteiger charge is 2.64. The van der Waals surface area contributed by atoms with Gasteiger partial charge in [0.15, 0.2) is 11.9 Å². The minimum absolute atomic E-state index is 0.115. The van der Waals surface area contributed by atoms with Crippen molar-refractivity contribution in [2.24, 2.45) is 5.92 Å². The Kier molecular flexibility index (Phi) is 6.31. The molecule has 6 N–H and O–H groups in total. The lowest BCUT2D eigenvalue weighted by Gasteiger charge is -2.54. The number of aliphatic hydroxyl groups excluding tert-OH is 4. The number of aliphatic hydroxyl groups is 5. The molecule has 1 fully saturated rings. The molecule has 5 atom stereocenters. The SMILES string of the molecule is CC(=O)NCCCCOC(O)C1(O)C(O)C(O)C1CO. The zero-order chi connectivity index (χ0) is 15.3. The number of hydrogen-bond donors (Lipinski definition) is 6. The summed E-state index contributed by atoms with van der Waals surface area (Å²) in [4.78, 5) is 10.6. The summed E-state index contributed by atoms with van der Waals surface area (Å²) in [6.45, 7) is 1.44. The van der Waals surface area contributed by atoms with Crippen LogP contribution in [-0.4, -0.2) is 75.3 Å². The number of rotatable bonds is 8. The topological polar surface area (TPSA) is 139 Å². The Morgan fingerprint density at radius 1 is 1.40 bits per heavy atom. The number of amides is 1. The second kappa shape index (κ2) is 7.30. The maximum atomic E-state index is 10.6. The molecule has 5 unspecified atom stereocenters. The van der Waals surface area contributed by atoms with E-state index < -0.39 is 36.6 Å². The maximum Gasteiger partial charge on any atom is 0.216 e. The van der Waals surface area contributed by atoms with E-state index in [1.165, 1.54) is 6.92 Å². The first kappa shape index (κ1) is 17.3. The van der Waals surface area contributed by atoms with Crippen molar-refractivity contribution in [1.29, 1.82) is 0 Å². The molecule has 0 bridgehead atoms. The summed E-state index contributed by atoms with van der Waals surface area (Å²) >= 11 is 0. The van der Waals surface area contributed by atoms with E-state index in [0.29, 0.717) is 19.4 Å². The predicted molar refractivity (Wildman–Crippen MR) is 67.4 cm³/mol. The third kappa shape index (κ3) is 3.46. The molecule has 0 spiro atoms. The zero-order valence-electron chi connectivity index (χ0n) is 11.4. The minimum Gasteiger partial charge on any atom is -0.396 e. The lowest BCUT2D eigenvalue weighted by atomic mass is 9.64. The molecule has 1 saturated carbocycles. The molecule has 20 heavy (non-hydrogen) atoms. The highest BCUT2D eigenvalue weighted by atomic mass is 16.6. The molecule has 118 valence electrons. The highest BCUT2D eigenvalue weighted by Crippen LogP contribution is 2.41. The van der Waals surface area contributed by atoms with E-state index in [9.17, 15) is 25.2 Å². The standard InChI is InChI=1S/C12H23NO7/c1-7(15)13-4-2-3-5-20-11(18)12(19)8(6-14)9(16)10(12)17/h8-11,14,16-19H,2-6H2,1H3,(H,13,15). The van der Waals surface area contributed by atoms with Gasteiger partial charge >= 0.3 is 0 Å². The normalized spacial score (nSPS) is 34.4. The first-order valence-electron chi connectivity index (χ1n) is 6.59. The fourth-order valence-electron chi connectivity index (χ4n) is 2.27. The van der Waals surface area contributed by atoms with Crippen LogP contribution in [-0.2, 0) is 9.53 Å². The number of nitrogens with one attached hydrogen (secondary N) is 1. The second-order valence-corrected chi connectivity index (χ2v) is 5.03. The summed E-state index contributed by atoms with van der Waals surface area (Å²) in [6.07, 6.45) is -3.37.